The molecule has 7 nitrogen and oxygen atoms in total. The molecule has 26 heavy (non-hydrogen) atoms. The fourth-order valence-corrected chi connectivity index (χ4v) is 4.93. The molecule has 1 aliphatic heterocycles. The minimum atomic E-state index is -3.74. The van der Waals surface area contributed by atoms with Crippen LogP contribution in [-0.2, 0) is 10.0 Å². The summed E-state index contributed by atoms with van der Waals surface area (Å²) >= 11 is 12.1. The van der Waals surface area contributed by atoms with Crippen molar-refractivity contribution in [2.24, 2.45) is 0 Å². The number of hydrogen-bond acceptors (Lipinski definition) is 6. The summed E-state index contributed by atoms with van der Waals surface area (Å²) in [5.41, 5.74) is 0.647. The normalized spacial score (nSPS) is 18.1. The standard InChI is InChI=1S/C16H17Cl2N3O4S/c1-10-5-14(13(18)6-12(10)17)26(22,23)21-4-3-11(9-21)25-16-8-19-7-15(20-16)24-2/h5-8,11H,3-4,9H2,1-2H3. The van der Waals surface area contributed by atoms with Crippen LogP contribution in [0, 0.1) is 6.92 Å². The number of hydrogen-bond donors (Lipinski definition) is 0. The van der Waals surface area contributed by atoms with Crippen LogP contribution < -0.4 is 9.47 Å². The lowest BCUT2D eigenvalue weighted by atomic mass is 10.2. The zero-order chi connectivity index (χ0) is 18.9. The zero-order valence-electron chi connectivity index (χ0n) is 14.1. The SMILES string of the molecule is COc1cncc(OC2CCN(S(=O)(=O)c3cc(C)c(Cl)cc3Cl)C2)n1. The van der Waals surface area contributed by atoms with Gasteiger partial charge in [0.15, 0.2) is 0 Å². The van der Waals surface area contributed by atoms with Gasteiger partial charge in [-0.2, -0.15) is 9.29 Å². The maximum atomic E-state index is 12.9. The van der Waals surface area contributed by atoms with Crippen molar-refractivity contribution in [1.29, 1.82) is 0 Å². The lowest BCUT2D eigenvalue weighted by Gasteiger charge is -2.18. The Bertz CT molecular complexity index is 924. The predicted octanol–water partition coefficient (Wildman–Crippen LogP) is 2.94. The smallest absolute Gasteiger partial charge is 0.244 e. The van der Waals surface area contributed by atoms with E-state index in [1.165, 1.54) is 35.9 Å². The third kappa shape index (κ3) is 3.88. The number of rotatable bonds is 5. The van der Waals surface area contributed by atoms with Gasteiger partial charge in [-0.3, -0.25) is 4.98 Å². The summed E-state index contributed by atoms with van der Waals surface area (Å²) in [4.78, 5) is 8.14. The van der Waals surface area contributed by atoms with Gasteiger partial charge < -0.3 is 9.47 Å². The number of sulfonamides is 1. The van der Waals surface area contributed by atoms with Crippen LogP contribution in [0.3, 0.4) is 0 Å². The molecule has 0 aliphatic carbocycles. The summed E-state index contributed by atoms with van der Waals surface area (Å²) in [5.74, 6) is 0.613. The number of nitrogens with zero attached hydrogens (tertiary/aromatic N) is 3. The van der Waals surface area contributed by atoms with Crippen LogP contribution in [0.2, 0.25) is 10.0 Å². The van der Waals surface area contributed by atoms with Crippen LogP contribution in [0.5, 0.6) is 11.8 Å². The molecule has 0 radical (unpaired) electrons. The quantitative estimate of drug-likeness (QED) is 0.743. The van der Waals surface area contributed by atoms with Gasteiger partial charge in [0.05, 0.1) is 31.1 Å². The Hall–Kier alpha value is -1.61. The van der Waals surface area contributed by atoms with Crippen molar-refractivity contribution in [2.75, 3.05) is 20.2 Å². The lowest BCUT2D eigenvalue weighted by Crippen LogP contribution is -2.31. The predicted molar refractivity (Wildman–Crippen MR) is 97.6 cm³/mol. The highest BCUT2D eigenvalue weighted by Gasteiger charge is 2.35. The summed E-state index contributed by atoms with van der Waals surface area (Å²) in [6, 6.07) is 2.93. The largest absolute Gasteiger partial charge is 0.480 e. The molecule has 10 heteroatoms. The molecule has 0 amide bonds. The van der Waals surface area contributed by atoms with Crippen molar-refractivity contribution in [3.63, 3.8) is 0 Å². The van der Waals surface area contributed by atoms with Gasteiger partial charge in [0.2, 0.25) is 21.8 Å². The van der Waals surface area contributed by atoms with E-state index in [9.17, 15) is 8.42 Å². The second-order valence-corrected chi connectivity index (χ2v) is 8.54. The monoisotopic (exact) mass is 417 g/mol. The minimum absolute atomic E-state index is 0.0443. The molecule has 2 aromatic rings. The second kappa shape index (κ2) is 7.56. The van der Waals surface area contributed by atoms with Crippen molar-refractivity contribution in [3.05, 3.63) is 40.1 Å². The first-order valence-corrected chi connectivity index (χ1v) is 9.99. The van der Waals surface area contributed by atoms with Gasteiger partial charge in [0.25, 0.3) is 0 Å². The zero-order valence-corrected chi connectivity index (χ0v) is 16.5. The van der Waals surface area contributed by atoms with E-state index < -0.39 is 10.0 Å². The Morgan fingerprint density at radius 3 is 2.65 bits per heavy atom. The number of halogens is 2. The number of ether oxygens (including phenoxy) is 2. The minimum Gasteiger partial charge on any atom is -0.480 e. The first-order chi connectivity index (χ1) is 12.3. The molecule has 1 aliphatic rings. The molecule has 1 atom stereocenters. The molecule has 1 unspecified atom stereocenters. The fraction of sp³-hybridized carbons (Fsp3) is 0.375. The topological polar surface area (TPSA) is 81.6 Å². The van der Waals surface area contributed by atoms with E-state index in [1.54, 1.807) is 6.92 Å². The van der Waals surface area contributed by atoms with E-state index in [4.69, 9.17) is 32.7 Å². The molecular weight excluding hydrogens is 401 g/mol. The van der Waals surface area contributed by atoms with Crippen LogP contribution in [0.1, 0.15) is 12.0 Å². The van der Waals surface area contributed by atoms with Gasteiger partial charge in [-0.25, -0.2) is 8.42 Å². The third-order valence-corrected chi connectivity index (χ3v) is 6.76. The van der Waals surface area contributed by atoms with Gasteiger partial charge in [0, 0.05) is 11.6 Å². The van der Waals surface area contributed by atoms with Gasteiger partial charge in [-0.15, -0.1) is 0 Å². The second-order valence-electron chi connectivity index (χ2n) is 5.82. The van der Waals surface area contributed by atoms with Crippen molar-refractivity contribution < 1.29 is 17.9 Å². The third-order valence-electron chi connectivity index (χ3n) is 4.03. The van der Waals surface area contributed by atoms with Crippen LogP contribution in [-0.4, -0.2) is 49.0 Å². The number of aromatic nitrogens is 2. The molecule has 0 saturated carbocycles. The molecule has 140 valence electrons. The fourth-order valence-electron chi connectivity index (χ4n) is 2.64. The summed E-state index contributed by atoms with van der Waals surface area (Å²) in [6.45, 7) is 2.25. The molecule has 0 N–H and O–H groups in total. The van der Waals surface area contributed by atoms with E-state index in [0.717, 1.165) is 0 Å². The van der Waals surface area contributed by atoms with Crippen LogP contribution >= 0.6 is 23.2 Å². The van der Waals surface area contributed by atoms with Crippen molar-refractivity contribution in [3.8, 4) is 11.8 Å². The highest BCUT2D eigenvalue weighted by molar-refractivity contribution is 7.89. The van der Waals surface area contributed by atoms with Crippen LogP contribution in [0.4, 0.5) is 0 Å². The van der Waals surface area contributed by atoms with Gasteiger partial charge >= 0.3 is 0 Å². The molecule has 0 spiro atoms. The van der Waals surface area contributed by atoms with Crippen LogP contribution in [0.15, 0.2) is 29.4 Å². The Morgan fingerprint density at radius 1 is 1.19 bits per heavy atom. The van der Waals surface area contributed by atoms with E-state index in [0.29, 0.717) is 29.4 Å². The van der Waals surface area contributed by atoms with E-state index in [1.807, 2.05) is 0 Å². The van der Waals surface area contributed by atoms with E-state index in [-0.39, 0.29) is 28.4 Å². The molecule has 2 heterocycles. The number of methoxy groups -OCH3 is 1. The Kier molecular flexibility index (Phi) is 5.57. The average molecular weight is 418 g/mol. The lowest BCUT2D eigenvalue weighted by molar-refractivity contribution is 0.203. The highest BCUT2D eigenvalue weighted by Crippen LogP contribution is 2.32. The molecule has 1 aromatic heterocycles. The summed E-state index contributed by atoms with van der Waals surface area (Å²) < 4.78 is 37.9. The Morgan fingerprint density at radius 2 is 1.92 bits per heavy atom. The van der Waals surface area contributed by atoms with E-state index >= 15 is 0 Å². The maximum absolute atomic E-state index is 12.9. The molecule has 3 rings (SSSR count). The number of benzene rings is 1. The molecular formula is C16H17Cl2N3O4S. The summed E-state index contributed by atoms with van der Waals surface area (Å²) in [5, 5.41) is 0.525. The van der Waals surface area contributed by atoms with Gasteiger partial charge in [-0.1, -0.05) is 23.2 Å². The first-order valence-electron chi connectivity index (χ1n) is 7.79. The van der Waals surface area contributed by atoms with E-state index in [2.05, 4.69) is 9.97 Å². The molecule has 1 aromatic carbocycles. The Balaban J connectivity index is 1.76. The molecule has 0 bridgehead atoms. The molecule has 1 saturated heterocycles. The average Bonchev–Trinajstić information content (AvgIpc) is 3.07. The van der Waals surface area contributed by atoms with Crippen molar-refractivity contribution in [2.45, 2.75) is 24.3 Å². The van der Waals surface area contributed by atoms with Gasteiger partial charge in [-0.05, 0) is 31.0 Å². The summed E-state index contributed by atoms with van der Waals surface area (Å²) in [7, 11) is -2.26. The van der Waals surface area contributed by atoms with Crippen molar-refractivity contribution in [1.82, 2.24) is 14.3 Å². The Labute approximate surface area is 161 Å². The van der Waals surface area contributed by atoms with Crippen LogP contribution in [0.25, 0.3) is 0 Å². The highest BCUT2D eigenvalue weighted by atomic mass is 35.5. The number of aryl methyl sites for hydroxylation is 1. The van der Waals surface area contributed by atoms with Crippen molar-refractivity contribution >= 4 is 33.2 Å². The summed E-state index contributed by atoms with van der Waals surface area (Å²) in [6.07, 6.45) is 3.11. The molecule has 1 fully saturated rings. The first kappa shape index (κ1) is 19.2. The maximum Gasteiger partial charge on any atom is 0.244 e. The van der Waals surface area contributed by atoms with Gasteiger partial charge in [0.1, 0.15) is 11.0 Å².